The van der Waals surface area contributed by atoms with Crippen LogP contribution in [0.5, 0.6) is 11.5 Å². The fraction of sp³-hybridized carbons (Fsp3) is 0.133. The fourth-order valence-corrected chi connectivity index (χ4v) is 1.81. The third kappa shape index (κ3) is 3.26. The van der Waals surface area contributed by atoms with Crippen LogP contribution in [0.2, 0.25) is 0 Å². The Bertz CT molecular complexity index is 628. The minimum atomic E-state index is -0.547. The Labute approximate surface area is 115 Å². The second-order valence-electron chi connectivity index (χ2n) is 4.13. The van der Waals surface area contributed by atoms with Crippen molar-refractivity contribution in [2.45, 2.75) is 0 Å². The van der Waals surface area contributed by atoms with E-state index in [0.717, 1.165) is 11.1 Å². The van der Waals surface area contributed by atoms with Crippen LogP contribution in [0.15, 0.2) is 42.5 Å². The summed E-state index contributed by atoms with van der Waals surface area (Å²) in [6.07, 6.45) is 0. The number of methoxy groups -OCH3 is 1. The smallest absolute Gasteiger partial charge is 0.255 e. The molecule has 0 saturated heterocycles. The van der Waals surface area contributed by atoms with Gasteiger partial charge in [-0.25, -0.2) is 4.39 Å². The van der Waals surface area contributed by atoms with Crippen LogP contribution in [-0.4, -0.2) is 19.6 Å². The first-order chi connectivity index (χ1) is 9.60. The number of carbonyl (C=O) groups excluding carboxylic acids is 1. The lowest BCUT2D eigenvalue weighted by molar-refractivity contribution is -0.119. The molecular formula is C15H14FNO3. The normalized spacial score (nSPS) is 10.1. The quantitative estimate of drug-likeness (QED) is 0.911. The number of amides is 1. The van der Waals surface area contributed by atoms with E-state index in [1.54, 1.807) is 24.3 Å². The minimum absolute atomic E-state index is 0.190. The van der Waals surface area contributed by atoms with Gasteiger partial charge in [-0.3, -0.25) is 4.79 Å². The molecule has 2 N–H and O–H groups in total. The highest BCUT2D eigenvalue weighted by molar-refractivity contribution is 5.75. The van der Waals surface area contributed by atoms with Gasteiger partial charge in [-0.2, -0.15) is 0 Å². The maximum atomic E-state index is 13.2. The molecule has 0 bridgehead atoms. The van der Waals surface area contributed by atoms with E-state index in [0.29, 0.717) is 11.5 Å². The lowest BCUT2D eigenvalue weighted by Crippen LogP contribution is -2.19. The third-order valence-electron chi connectivity index (χ3n) is 2.69. The predicted octanol–water partition coefficient (Wildman–Crippen LogP) is 2.37. The average molecular weight is 275 g/mol. The zero-order chi connectivity index (χ0) is 14.5. The highest BCUT2D eigenvalue weighted by atomic mass is 19.1. The molecule has 2 aromatic carbocycles. The summed E-state index contributed by atoms with van der Waals surface area (Å²) in [4.78, 5) is 10.7. The standard InChI is InChI=1S/C15H14FNO3/c1-19-14-8-11(16)5-6-13(14)10-3-2-4-12(7-10)20-9-15(17)18/h2-8H,9H2,1H3,(H2,17,18). The van der Waals surface area contributed by atoms with E-state index < -0.39 is 5.91 Å². The lowest BCUT2D eigenvalue weighted by Gasteiger charge is -2.10. The van der Waals surface area contributed by atoms with Crippen molar-refractivity contribution in [3.8, 4) is 22.6 Å². The molecule has 0 radical (unpaired) electrons. The Hall–Kier alpha value is -2.56. The van der Waals surface area contributed by atoms with Gasteiger partial charge in [-0.05, 0) is 29.8 Å². The molecule has 0 unspecified atom stereocenters. The summed E-state index contributed by atoms with van der Waals surface area (Å²) in [7, 11) is 1.48. The van der Waals surface area contributed by atoms with Gasteiger partial charge < -0.3 is 15.2 Å². The van der Waals surface area contributed by atoms with Gasteiger partial charge in [0.1, 0.15) is 17.3 Å². The number of ether oxygens (including phenoxy) is 2. The molecular weight excluding hydrogens is 261 g/mol. The van der Waals surface area contributed by atoms with Crippen LogP contribution >= 0.6 is 0 Å². The van der Waals surface area contributed by atoms with Gasteiger partial charge in [-0.1, -0.05) is 12.1 Å². The summed E-state index contributed by atoms with van der Waals surface area (Å²) in [5.74, 6) is 0.0197. The highest BCUT2D eigenvalue weighted by Gasteiger charge is 2.08. The number of rotatable bonds is 5. The summed E-state index contributed by atoms with van der Waals surface area (Å²) >= 11 is 0. The number of benzene rings is 2. The number of primary amides is 1. The summed E-state index contributed by atoms with van der Waals surface area (Å²) in [5.41, 5.74) is 6.56. The number of nitrogens with two attached hydrogens (primary N) is 1. The van der Waals surface area contributed by atoms with E-state index in [2.05, 4.69) is 0 Å². The minimum Gasteiger partial charge on any atom is -0.496 e. The van der Waals surface area contributed by atoms with Crippen LogP contribution in [-0.2, 0) is 4.79 Å². The van der Waals surface area contributed by atoms with Crippen LogP contribution in [0.25, 0.3) is 11.1 Å². The van der Waals surface area contributed by atoms with E-state index >= 15 is 0 Å². The first-order valence-electron chi connectivity index (χ1n) is 5.95. The third-order valence-corrected chi connectivity index (χ3v) is 2.69. The van der Waals surface area contributed by atoms with Gasteiger partial charge in [0.15, 0.2) is 6.61 Å². The van der Waals surface area contributed by atoms with Crippen molar-refractivity contribution >= 4 is 5.91 Å². The molecule has 0 spiro atoms. The van der Waals surface area contributed by atoms with E-state index in [9.17, 15) is 9.18 Å². The predicted molar refractivity (Wildman–Crippen MR) is 73.1 cm³/mol. The second kappa shape index (κ2) is 6.06. The Morgan fingerprint density at radius 3 is 2.75 bits per heavy atom. The van der Waals surface area contributed by atoms with Gasteiger partial charge in [0.25, 0.3) is 5.91 Å². The Morgan fingerprint density at radius 2 is 2.05 bits per heavy atom. The van der Waals surface area contributed by atoms with Gasteiger partial charge in [0, 0.05) is 11.6 Å². The number of halogens is 1. The molecule has 0 atom stereocenters. The van der Waals surface area contributed by atoms with Gasteiger partial charge in [0.2, 0.25) is 0 Å². The maximum absolute atomic E-state index is 13.2. The molecule has 0 aliphatic rings. The summed E-state index contributed by atoms with van der Waals surface area (Å²) in [5, 5.41) is 0. The molecule has 104 valence electrons. The second-order valence-corrected chi connectivity index (χ2v) is 4.13. The molecule has 0 saturated carbocycles. The van der Waals surface area contributed by atoms with E-state index in [1.165, 1.54) is 19.2 Å². The van der Waals surface area contributed by atoms with Crippen molar-refractivity contribution in [3.05, 3.63) is 48.3 Å². The van der Waals surface area contributed by atoms with Crippen molar-refractivity contribution in [2.75, 3.05) is 13.7 Å². The molecule has 20 heavy (non-hydrogen) atoms. The van der Waals surface area contributed by atoms with Crippen molar-refractivity contribution in [1.29, 1.82) is 0 Å². The summed E-state index contributed by atoms with van der Waals surface area (Å²) in [6, 6.07) is 11.4. The van der Waals surface area contributed by atoms with Crippen LogP contribution < -0.4 is 15.2 Å². The van der Waals surface area contributed by atoms with E-state index in [-0.39, 0.29) is 12.4 Å². The zero-order valence-corrected chi connectivity index (χ0v) is 10.9. The molecule has 1 amide bonds. The molecule has 2 rings (SSSR count). The van der Waals surface area contributed by atoms with Crippen LogP contribution in [0.3, 0.4) is 0 Å². The summed E-state index contributed by atoms with van der Waals surface area (Å²) in [6.45, 7) is -0.190. The Balaban J connectivity index is 2.33. The summed E-state index contributed by atoms with van der Waals surface area (Å²) < 4.78 is 23.6. The highest BCUT2D eigenvalue weighted by Crippen LogP contribution is 2.32. The number of hydrogen-bond acceptors (Lipinski definition) is 3. The van der Waals surface area contributed by atoms with Gasteiger partial charge >= 0.3 is 0 Å². The molecule has 5 heteroatoms. The molecule has 4 nitrogen and oxygen atoms in total. The lowest BCUT2D eigenvalue weighted by atomic mass is 10.0. The SMILES string of the molecule is COc1cc(F)ccc1-c1cccc(OCC(N)=O)c1. The van der Waals surface area contributed by atoms with E-state index in [4.69, 9.17) is 15.2 Å². The van der Waals surface area contributed by atoms with Crippen molar-refractivity contribution in [3.63, 3.8) is 0 Å². The molecule has 2 aromatic rings. The van der Waals surface area contributed by atoms with Crippen molar-refractivity contribution < 1.29 is 18.7 Å². The molecule has 0 fully saturated rings. The Kier molecular flexibility index (Phi) is 4.20. The first-order valence-corrected chi connectivity index (χ1v) is 5.95. The molecule has 0 aromatic heterocycles. The van der Waals surface area contributed by atoms with Crippen LogP contribution in [0.4, 0.5) is 4.39 Å². The number of hydrogen-bond donors (Lipinski definition) is 1. The van der Waals surface area contributed by atoms with Gasteiger partial charge in [0.05, 0.1) is 7.11 Å². The molecule has 0 heterocycles. The molecule has 0 aliphatic carbocycles. The van der Waals surface area contributed by atoms with E-state index in [1.807, 2.05) is 6.07 Å². The first kappa shape index (κ1) is 13.9. The monoisotopic (exact) mass is 275 g/mol. The topological polar surface area (TPSA) is 61.6 Å². The average Bonchev–Trinajstić information content (AvgIpc) is 2.45. The van der Waals surface area contributed by atoms with Crippen molar-refractivity contribution in [1.82, 2.24) is 0 Å². The maximum Gasteiger partial charge on any atom is 0.255 e. The van der Waals surface area contributed by atoms with Crippen LogP contribution in [0.1, 0.15) is 0 Å². The number of carbonyl (C=O) groups is 1. The Morgan fingerprint density at radius 1 is 1.25 bits per heavy atom. The van der Waals surface area contributed by atoms with Crippen molar-refractivity contribution in [2.24, 2.45) is 5.73 Å². The molecule has 0 aliphatic heterocycles. The van der Waals surface area contributed by atoms with Gasteiger partial charge in [-0.15, -0.1) is 0 Å². The largest absolute Gasteiger partial charge is 0.496 e. The zero-order valence-electron chi connectivity index (χ0n) is 10.9. The van der Waals surface area contributed by atoms with Crippen LogP contribution in [0, 0.1) is 5.82 Å². The fourth-order valence-electron chi connectivity index (χ4n) is 1.81.